The van der Waals surface area contributed by atoms with Gasteiger partial charge in [-0.1, -0.05) is 12.1 Å². The van der Waals surface area contributed by atoms with Crippen molar-refractivity contribution in [3.05, 3.63) is 52.4 Å². The van der Waals surface area contributed by atoms with Gasteiger partial charge in [-0.3, -0.25) is 14.3 Å². The largest absolute Gasteiger partial charge is 0.479 e. The van der Waals surface area contributed by atoms with Crippen LogP contribution in [0.1, 0.15) is 52.5 Å². The lowest BCUT2D eigenvalue weighted by molar-refractivity contribution is -0.304. The Labute approximate surface area is 249 Å². The van der Waals surface area contributed by atoms with Crippen LogP contribution in [0.3, 0.4) is 0 Å². The molecule has 0 spiro atoms. The molecule has 4 N–H and O–H groups in total. The number of benzene rings is 1. The summed E-state index contributed by atoms with van der Waals surface area (Å²) >= 11 is 0. The molecule has 12 nitrogen and oxygen atoms in total. The van der Waals surface area contributed by atoms with Gasteiger partial charge in [0.05, 0.1) is 36.3 Å². The maximum atomic E-state index is 14.4. The number of aromatic amines is 1. The molecular formula is C29H32F3N5O7. The number of carbonyl (C=O) groups excluding carboxylic acids is 1. The van der Waals surface area contributed by atoms with E-state index in [9.17, 15) is 43.0 Å². The molecule has 15 heteroatoms. The number of carboxylic acids is 1. The smallest absolute Gasteiger partial charge is 0.422 e. The molecule has 0 radical (unpaired) electrons. The Kier molecular flexibility index (Phi) is 8.55. The second kappa shape index (κ2) is 11.6. The molecule has 4 rings (SSSR count). The van der Waals surface area contributed by atoms with Gasteiger partial charge in [-0.15, -0.1) is 0 Å². The minimum atomic E-state index is -5.26. The highest BCUT2D eigenvalue weighted by molar-refractivity contribution is 5.91. The lowest BCUT2D eigenvalue weighted by atomic mass is 9.70. The average Bonchev–Trinajstić information content (AvgIpc) is 3.32. The standard InChI is InChI=1S/C29H32F3N5O7/c1-16(2)44-25(41)26(3,4)28(42,29(30,31)32)17-5-7-18(8-6-17)35-22-21-19(10-14-34-23(21)38)37(36-22)27(12-13-33)11-9-20(24(39)40)43-15-27/h5-8,10,14,16,20,42H,9,11-12,15H2,1-4H3,(H,34,38)(H,35,36)(H,39,40). The molecule has 3 heterocycles. The lowest BCUT2D eigenvalue weighted by Gasteiger charge is -2.42. The quantitative estimate of drug-likeness (QED) is 0.255. The first kappa shape index (κ1) is 32.5. The summed E-state index contributed by atoms with van der Waals surface area (Å²) in [4.78, 5) is 39.5. The number of rotatable bonds is 9. The van der Waals surface area contributed by atoms with E-state index < -0.39 is 58.0 Å². The molecule has 3 unspecified atom stereocenters. The normalized spacial score (nSPS) is 20.6. The number of carbonyl (C=O) groups is 2. The fourth-order valence-electron chi connectivity index (χ4n) is 5.38. The van der Waals surface area contributed by atoms with E-state index in [2.05, 4.69) is 21.5 Å². The second-order valence-electron chi connectivity index (χ2n) is 11.6. The molecule has 2 aromatic heterocycles. The third-order valence-electron chi connectivity index (χ3n) is 7.89. The molecule has 1 aliphatic heterocycles. The highest BCUT2D eigenvalue weighted by atomic mass is 19.4. The number of esters is 1. The first-order chi connectivity index (χ1) is 20.5. The van der Waals surface area contributed by atoms with Crippen LogP contribution in [0.25, 0.3) is 10.9 Å². The second-order valence-corrected chi connectivity index (χ2v) is 11.6. The first-order valence-electron chi connectivity index (χ1n) is 13.7. The van der Waals surface area contributed by atoms with Gasteiger partial charge in [0.25, 0.3) is 5.56 Å². The van der Waals surface area contributed by atoms with Crippen LogP contribution in [0.4, 0.5) is 24.7 Å². The number of carboxylic acid groups (broad SMARTS) is 1. The zero-order valence-electron chi connectivity index (χ0n) is 24.4. The number of aromatic nitrogens is 3. The van der Waals surface area contributed by atoms with Crippen LogP contribution in [0.15, 0.2) is 41.3 Å². The third kappa shape index (κ3) is 5.50. The van der Waals surface area contributed by atoms with Crippen molar-refractivity contribution in [3.8, 4) is 6.07 Å². The molecule has 1 fully saturated rings. The number of H-pyrrole nitrogens is 1. The van der Waals surface area contributed by atoms with Crippen molar-refractivity contribution in [2.75, 3.05) is 11.9 Å². The highest BCUT2D eigenvalue weighted by Gasteiger charge is 2.67. The molecule has 1 aromatic carbocycles. The van der Waals surface area contributed by atoms with Crippen LogP contribution in [0, 0.1) is 16.7 Å². The number of pyridine rings is 1. The summed E-state index contributed by atoms with van der Waals surface area (Å²) in [5, 5.41) is 37.6. The van der Waals surface area contributed by atoms with Crippen LogP contribution in [-0.2, 0) is 30.2 Å². The summed E-state index contributed by atoms with van der Waals surface area (Å²) in [6.45, 7) is 4.70. The topological polar surface area (TPSA) is 180 Å². The summed E-state index contributed by atoms with van der Waals surface area (Å²) in [6, 6.07) is 8.09. The summed E-state index contributed by atoms with van der Waals surface area (Å²) in [7, 11) is 0. The Morgan fingerprint density at radius 1 is 1.27 bits per heavy atom. The maximum Gasteiger partial charge on any atom is 0.422 e. The number of hydrogen-bond acceptors (Lipinski definition) is 9. The molecule has 236 valence electrons. The molecule has 1 aliphatic rings. The van der Waals surface area contributed by atoms with Crippen molar-refractivity contribution in [3.63, 3.8) is 0 Å². The van der Waals surface area contributed by atoms with E-state index in [4.69, 9.17) is 9.47 Å². The van der Waals surface area contributed by atoms with E-state index in [0.29, 0.717) is 5.52 Å². The van der Waals surface area contributed by atoms with Gasteiger partial charge in [0.15, 0.2) is 11.9 Å². The van der Waals surface area contributed by atoms with Gasteiger partial charge in [0.2, 0.25) is 5.60 Å². The van der Waals surface area contributed by atoms with Crippen molar-refractivity contribution >= 4 is 34.3 Å². The Morgan fingerprint density at radius 2 is 1.93 bits per heavy atom. The summed E-state index contributed by atoms with van der Waals surface area (Å²) in [5.74, 6) is -2.36. The van der Waals surface area contributed by atoms with Gasteiger partial charge in [-0.05, 0) is 64.3 Å². The number of nitrogens with one attached hydrogen (secondary N) is 2. The van der Waals surface area contributed by atoms with E-state index >= 15 is 0 Å². The van der Waals surface area contributed by atoms with Gasteiger partial charge in [-0.25, -0.2) is 4.79 Å². The minimum Gasteiger partial charge on any atom is -0.479 e. The third-order valence-corrected chi connectivity index (χ3v) is 7.89. The number of halogens is 3. The molecule has 0 aliphatic carbocycles. The zero-order chi connectivity index (χ0) is 32.7. The molecular weight excluding hydrogens is 587 g/mol. The summed E-state index contributed by atoms with van der Waals surface area (Å²) in [6.07, 6.45) is -5.46. The van der Waals surface area contributed by atoms with E-state index in [0.717, 1.165) is 26.0 Å². The highest BCUT2D eigenvalue weighted by Crippen LogP contribution is 2.51. The van der Waals surface area contributed by atoms with E-state index in [1.54, 1.807) is 6.07 Å². The number of nitrogens with zero attached hydrogens (tertiary/aromatic N) is 3. The first-order valence-corrected chi connectivity index (χ1v) is 13.7. The van der Waals surface area contributed by atoms with Crippen molar-refractivity contribution < 1.29 is 42.4 Å². The SMILES string of the molecule is CC(C)OC(=O)C(C)(C)C(O)(c1ccc(Nc2nn(C3(CC#N)CCC(C(=O)O)OC3)c3cc[nH]c(=O)c23)cc1)C(F)(F)F. The van der Waals surface area contributed by atoms with Crippen molar-refractivity contribution in [1.29, 1.82) is 5.26 Å². The van der Waals surface area contributed by atoms with Crippen LogP contribution in [0.5, 0.6) is 0 Å². The van der Waals surface area contributed by atoms with Gasteiger partial charge in [0.1, 0.15) is 10.8 Å². The molecule has 0 bridgehead atoms. The van der Waals surface area contributed by atoms with Crippen molar-refractivity contribution in [2.24, 2.45) is 5.41 Å². The van der Waals surface area contributed by atoms with E-state index in [1.807, 2.05) is 0 Å². The molecule has 44 heavy (non-hydrogen) atoms. The fourth-order valence-corrected chi connectivity index (χ4v) is 5.38. The molecule has 3 aromatic rings. The van der Waals surface area contributed by atoms with Crippen LogP contribution >= 0.6 is 0 Å². The predicted octanol–water partition coefficient (Wildman–Crippen LogP) is 4.07. The summed E-state index contributed by atoms with van der Waals surface area (Å²) < 4.78 is 55.2. The van der Waals surface area contributed by atoms with Gasteiger partial charge >= 0.3 is 18.1 Å². The monoisotopic (exact) mass is 619 g/mol. The van der Waals surface area contributed by atoms with Crippen molar-refractivity contribution in [1.82, 2.24) is 14.8 Å². The van der Waals surface area contributed by atoms with Gasteiger partial charge in [0, 0.05) is 11.9 Å². The van der Waals surface area contributed by atoms with Gasteiger partial charge in [-0.2, -0.15) is 23.5 Å². The van der Waals surface area contributed by atoms with E-state index in [-0.39, 0.29) is 42.8 Å². The van der Waals surface area contributed by atoms with Crippen LogP contribution in [-0.4, -0.2) is 61.9 Å². The molecule has 0 amide bonds. The number of anilines is 2. The van der Waals surface area contributed by atoms with Crippen LogP contribution in [0.2, 0.25) is 0 Å². The van der Waals surface area contributed by atoms with Crippen molar-refractivity contribution in [2.45, 2.75) is 76.5 Å². The number of nitriles is 1. The Morgan fingerprint density at radius 3 is 2.45 bits per heavy atom. The maximum absolute atomic E-state index is 14.4. The zero-order valence-corrected chi connectivity index (χ0v) is 24.4. The average molecular weight is 620 g/mol. The number of ether oxygens (including phenoxy) is 2. The molecule has 1 saturated heterocycles. The molecule has 0 saturated carbocycles. The Bertz CT molecular complexity index is 1650. The Balaban J connectivity index is 1.74. The predicted molar refractivity (Wildman–Crippen MR) is 150 cm³/mol. The number of aliphatic carboxylic acids is 1. The van der Waals surface area contributed by atoms with E-state index in [1.165, 1.54) is 36.9 Å². The van der Waals surface area contributed by atoms with Crippen LogP contribution < -0.4 is 10.9 Å². The minimum absolute atomic E-state index is 0.0131. The number of aliphatic hydroxyl groups is 1. The number of alkyl halides is 3. The van der Waals surface area contributed by atoms with Gasteiger partial charge < -0.3 is 30.0 Å². The number of fused-ring (bicyclic) bond motifs is 1. The fraction of sp³-hybridized carbons (Fsp3) is 0.483. The Hall–Kier alpha value is -4.42. The lowest BCUT2D eigenvalue weighted by Crippen LogP contribution is -2.57. The molecule has 3 atom stereocenters. The summed E-state index contributed by atoms with van der Waals surface area (Å²) in [5.41, 5.74) is -7.80. The number of hydrogen-bond donors (Lipinski definition) is 4.